The van der Waals surface area contributed by atoms with Crippen LogP contribution in [0.5, 0.6) is 0 Å². The van der Waals surface area contributed by atoms with Crippen LogP contribution in [-0.4, -0.2) is 23.6 Å². The maximum Gasteiger partial charge on any atom is 0.414 e. The molecule has 0 bridgehead atoms. The molecule has 0 saturated heterocycles. The first kappa shape index (κ1) is 9.84. The predicted molar refractivity (Wildman–Crippen MR) is 51.2 cm³/mol. The van der Waals surface area contributed by atoms with Gasteiger partial charge in [-0.2, -0.15) is 0 Å². The zero-order valence-corrected chi connectivity index (χ0v) is 8.28. The number of hydrogen-bond acceptors (Lipinski definition) is 2. The van der Waals surface area contributed by atoms with Crippen molar-refractivity contribution in [2.24, 2.45) is 0 Å². The quantitative estimate of drug-likeness (QED) is 0.621. The number of amides is 1. The minimum Gasteiger partial charge on any atom is -0.449 e. The summed E-state index contributed by atoms with van der Waals surface area (Å²) < 4.78 is 4.93. The number of carbonyl (C=O) groups excluding carboxylic acids is 1. The summed E-state index contributed by atoms with van der Waals surface area (Å²) in [5, 5.41) is 0. The van der Waals surface area contributed by atoms with Gasteiger partial charge in [0.05, 0.1) is 12.6 Å². The fraction of sp³-hybridized carbons (Fsp3) is 0.500. The molecule has 1 rings (SSSR count). The van der Waals surface area contributed by atoms with Crippen molar-refractivity contribution >= 4 is 6.09 Å². The third-order valence-corrected chi connectivity index (χ3v) is 1.98. The van der Waals surface area contributed by atoms with E-state index in [1.54, 1.807) is 11.8 Å². The number of nitrogens with zero attached hydrogens (tertiary/aromatic N) is 1. The van der Waals surface area contributed by atoms with Gasteiger partial charge in [0.15, 0.2) is 0 Å². The van der Waals surface area contributed by atoms with E-state index in [4.69, 9.17) is 4.74 Å². The molecule has 3 heteroatoms. The second kappa shape index (κ2) is 4.12. The molecule has 1 aliphatic rings. The van der Waals surface area contributed by atoms with E-state index in [1.165, 1.54) is 0 Å². The summed E-state index contributed by atoms with van der Waals surface area (Å²) in [4.78, 5) is 13.1. The van der Waals surface area contributed by atoms with Crippen LogP contribution in [-0.2, 0) is 4.74 Å². The van der Waals surface area contributed by atoms with Crippen molar-refractivity contribution in [2.45, 2.75) is 26.8 Å². The molecule has 1 heterocycles. The normalized spacial score (nSPS) is 21.3. The fourth-order valence-electron chi connectivity index (χ4n) is 1.35. The van der Waals surface area contributed by atoms with Crippen LogP contribution < -0.4 is 0 Å². The van der Waals surface area contributed by atoms with E-state index in [2.05, 4.69) is 0 Å². The highest BCUT2D eigenvalue weighted by Gasteiger charge is 2.22. The van der Waals surface area contributed by atoms with Gasteiger partial charge in [0.1, 0.15) is 0 Å². The van der Waals surface area contributed by atoms with E-state index in [0.29, 0.717) is 6.61 Å². The van der Waals surface area contributed by atoms with Gasteiger partial charge < -0.3 is 4.74 Å². The molecule has 72 valence electrons. The van der Waals surface area contributed by atoms with Crippen LogP contribution in [0.15, 0.2) is 23.9 Å². The summed E-state index contributed by atoms with van der Waals surface area (Å²) in [6.07, 6.45) is 5.55. The molecule has 0 aliphatic carbocycles. The van der Waals surface area contributed by atoms with Crippen LogP contribution in [0.4, 0.5) is 4.79 Å². The molecule has 3 nitrogen and oxygen atoms in total. The SMILES string of the molecule is CCOC(=O)N1C(C)=CC=CC1C. The molecular formula is C10H15NO2. The molecule has 0 fully saturated rings. The molecule has 0 aromatic carbocycles. The minimum atomic E-state index is -0.270. The highest BCUT2D eigenvalue weighted by Crippen LogP contribution is 2.16. The lowest BCUT2D eigenvalue weighted by molar-refractivity contribution is 0.112. The summed E-state index contributed by atoms with van der Waals surface area (Å²) in [6.45, 7) is 6.08. The lowest BCUT2D eigenvalue weighted by atomic mass is 10.2. The van der Waals surface area contributed by atoms with Crippen LogP contribution >= 0.6 is 0 Å². The molecule has 1 aliphatic heterocycles. The molecule has 0 saturated carbocycles. The van der Waals surface area contributed by atoms with Crippen LogP contribution in [0.3, 0.4) is 0 Å². The molecule has 1 amide bonds. The number of rotatable bonds is 1. The topological polar surface area (TPSA) is 29.5 Å². The van der Waals surface area contributed by atoms with Gasteiger partial charge in [-0.15, -0.1) is 0 Å². The van der Waals surface area contributed by atoms with Gasteiger partial charge in [0.25, 0.3) is 0 Å². The van der Waals surface area contributed by atoms with Crippen molar-refractivity contribution in [3.63, 3.8) is 0 Å². The fourth-order valence-corrected chi connectivity index (χ4v) is 1.35. The summed E-state index contributed by atoms with van der Waals surface area (Å²) in [5.41, 5.74) is 0.924. The van der Waals surface area contributed by atoms with E-state index in [-0.39, 0.29) is 12.1 Å². The van der Waals surface area contributed by atoms with E-state index in [0.717, 1.165) is 5.70 Å². The summed E-state index contributed by atoms with van der Waals surface area (Å²) in [7, 11) is 0. The van der Waals surface area contributed by atoms with Crippen molar-refractivity contribution in [2.75, 3.05) is 6.61 Å². The third-order valence-electron chi connectivity index (χ3n) is 1.98. The second-order valence-corrected chi connectivity index (χ2v) is 3.00. The lowest BCUT2D eigenvalue weighted by Crippen LogP contribution is -2.37. The number of allylic oxidation sites excluding steroid dienone is 3. The van der Waals surface area contributed by atoms with Crippen LogP contribution in [0.2, 0.25) is 0 Å². The minimum absolute atomic E-state index is 0.0871. The second-order valence-electron chi connectivity index (χ2n) is 3.00. The van der Waals surface area contributed by atoms with E-state index in [1.807, 2.05) is 32.1 Å². The average molecular weight is 181 g/mol. The van der Waals surface area contributed by atoms with Gasteiger partial charge in [-0.3, -0.25) is 4.90 Å². The molecule has 1 atom stereocenters. The standard InChI is InChI=1S/C10H15NO2/c1-4-13-10(12)11-8(2)6-5-7-9(11)3/h5-8H,4H2,1-3H3. The van der Waals surface area contributed by atoms with Gasteiger partial charge in [-0.25, -0.2) is 4.79 Å². The molecule has 0 aromatic heterocycles. The molecule has 0 spiro atoms. The number of ether oxygens (including phenoxy) is 1. The Labute approximate surface area is 78.7 Å². The third kappa shape index (κ3) is 2.11. The van der Waals surface area contributed by atoms with Gasteiger partial charge in [-0.05, 0) is 26.8 Å². The Morgan fingerprint density at radius 2 is 2.38 bits per heavy atom. The zero-order chi connectivity index (χ0) is 9.84. The largest absolute Gasteiger partial charge is 0.449 e. The zero-order valence-electron chi connectivity index (χ0n) is 8.28. The summed E-state index contributed by atoms with van der Waals surface area (Å²) >= 11 is 0. The molecular weight excluding hydrogens is 166 g/mol. The Morgan fingerprint density at radius 1 is 1.69 bits per heavy atom. The van der Waals surface area contributed by atoms with E-state index in [9.17, 15) is 4.79 Å². The van der Waals surface area contributed by atoms with Crippen molar-refractivity contribution in [1.29, 1.82) is 0 Å². The van der Waals surface area contributed by atoms with Crippen molar-refractivity contribution in [3.05, 3.63) is 23.9 Å². The maximum atomic E-state index is 11.4. The van der Waals surface area contributed by atoms with Gasteiger partial charge in [0.2, 0.25) is 0 Å². The molecule has 0 N–H and O–H groups in total. The molecule has 0 aromatic rings. The van der Waals surface area contributed by atoms with Crippen molar-refractivity contribution in [3.8, 4) is 0 Å². The predicted octanol–water partition coefficient (Wildman–Crippen LogP) is 2.31. The maximum absolute atomic E-state index is 11.4. The Balaban J connectivity index is 2.73. The lowest BCUT2D eigenvalue weighted by Gasteiger charge is -2.28. The van der Waals surface area contributed by atoms with Gasteiger partial charge >= 0.3 is 6.09 Å². The van der Waals surface area contributed by atoms with Crippen LogP contribution in [0.1, 0.15) is 20.8 Å². The highest BCUT2D eigenvalue weighted by atomic mass is 16.6. The first-order valence-electron chi connectivity index (χ1n) is 4.48. The highest BCUT2D eigenvalue weighted by molar-refractivity contribution is 5.71. The number of hydrogen-bond donors (Lipinski definition) is 0. The molecule has 0 radical (unpaired) electrons. The first-order valence-corrected chi connectivity index (χ1v) is 4.48. The monoisotopic (exact) mass is 181 g/mol. The Hall–Kier alpha value is -1.25. The summed E-state index contributed by atoms with van der Waals surface area (Å²) in [6, 6.07) is 0.0871. The Morgan fingerprint density at radius 3 is 2.92 bits per heavy atom. The molecule has 13 heavy (non-hydrogen) atoms. The average Bonchev–Trinajstić information content (AvgIpc) is 2.04. The van der Waals surface area contributed by atoms with Crippen molar-refractivity contribution in [1.82, 2.24) is 4.90 Å². The Bertz CT molecular complexity index is 256. The van der Waals surface area contributed by atoms with Crippen LogP contribution in [0, 0.1) is 0 Å². The van der Waals surface area contributed by atoms with E-state index < -0.39 is 0 Å². The smallest absolute Gasteiger partial charge is 0.414 e. The van der Waals surface area contributed by atoms with E-state index >= 15 is 0 Å². The Kier molecular flexibility index (Phi) is 3.12. The van der Waals surface area contributed by atoms with Gasteiger partial charge in [0, 0.05) is 5.70 Å². The number of carbonyl (C=O) groups is 1. The first-order chi connectivity index (χ1) is 6.16. The summed E-state index contributed by atoms with van der Waals surface area (Å²) in [5.74, 6) is 0. The van der Waals surface area contributed by atoms with Gasteiger partial charge in [-0.1, -0.05) is 12.2 Å². The van der Waals surface area contributed by atoms with Crippen molar-refractivity contribution < 1.29 is 9.53 Å². The molecule has 1 unspecified atom stereocenters. The van der Waals surface area contributed by atoms with Crippen LogP contribution in [0.25, 0.3) is 0 Å².